The number of ether oxygens (including phenoxy) is 1. The number of anilines is 1. The molecule has 4 aromatic carbocycles. The SMILES string of the molecule is COc1cccc(CN(C(=O)CN(c2cc(Cl)cc(Cl)c2)S(=O)(=O)c2ccc(C)cc2)[C@H](Cc2ccccc2)C(=O)NC2CCCC2)c1. The van der Waals surface area contributed by atoms with Crippen molar-refractivity contribution in [1.82, 2.24) is 10.2 Å². The minimum absolute atomic E-state index is 0.00356. The standard InChI is InChI=1S/C37H39Cl2N3O5S/c1-26-15-17-34(18-16-26)48(45,46)42(32-22-29(38)21-30(39)23-32)25-36(43)41(24-28-11-8-14-33(19-28)47-2)35(20-27-9-4-3-5-10-27)37(44)40-31-12-6-7-13-31/h3-5,8-11,14-19,21-23,31,35H,6-7,12-13,20,24-25H2,1-2H3,(H,40,44)/t35-/m1/s1. The average molecular weight is 709 g/mol. The number of nitrogens with one attached hydrogen (secondary N) is 1. The molecule has 1 fully saturated rings. The molecule has 1 saturated carbocycles. The highest BCUT2D eigenvalue weighted by molar-refractivity contribution is 7.92. The first kappa shape index (κ1) is 35.3. The van der Waals surface area contributed by atoms with Crippen molar-refractivity contribution >= 4 is 50.7 Å². The molecule has 0 unspecified atom stereocenters. The molecule has 252 valence electrons. The van der Waals surface area contributed by atoms with Crippen molar-refractivity contribution in [2.75, 3.05) is 18.0 Å². The second-order valence-corrected chi connectivity index (χ2v) is 14.8. The van der Waals surface area contributed by atoms with E-state index >= 15 is 0 Å². The van der Waals surface area contributed by atoms with Crippen LogP contribution in [-0.2, 0) is 32.6 Å². The molecular formula is C37H39Cl2N3O5S. The maximum atomic E-state index is 14.7. The summed E-state index contributed by atoms with van der Waals surface area (Å²) in [6.45, 7) is 1.27. The van der Waals surface area contributed by atoms with Gasteiger partial charge in [-0.15, -0.1) is 0 Å². The Labute approximate surface area is 292 Å². The highest BCUT2D eigenvalue weighted by atomic mass is 35.5. The fourth-order valence-electron chi connectivity index (χ4n) is 5.94. The Morgan fingerprint density at radius 2 is 1.52 bits per heavy atom. The molecule has 0 aliphatic heterocycles. The first-order valence-electron chi connectivity index (χ1n) is 15.9. The van der Waals surface area contributed by atoms with Gasteiger partial charge in [-0.05, 0) is 73.4 Å². The Bertz CT molecular complexity index is 1810. The van der Waals surface area contributed by atoms with Gasteiger partial charge in [0.05, 0.1) is 17.7 Å². The van der Waals surface area contributed by atoms with Crippen molar-refractivity contribution in [1.29, 1.82) is 0 Å². The number of aryl methyl sites for hydroxylation is 1. The Balaban J connectivity index is 1.59. The predicted octanol–water partition coefficient (Wildman–Crippen LogP) is 7.20. The summed E-state index contributed by atoms with van der Waals surface area (Å²) in [5.74, 6) is -0.278. The summed E-state index contributed by atoms with van der Waals surface area (Å²) < 4.78 is 35.0. The predicted molar refractivity (Wildman–Crippen MR) is 190 cm³/mol. The van der Waals surface area contributed by atoms with E-state index in [2.05, 4.69) is 5.32 Å². The zero-order valence-corrected chi connectivity index (χ0v) is 29.3. The molecule has 11 heteroatoms. The van der Waals surface area contributed by atoms with Gasteiger partial charge < -0.3 is 15.0 Å². The molecule has 48 heavy (non-hydrogen) atoms. The van der Waals surface area contributed by atoms with Crippen LogP contribution in [-0.4, -0.2) is 50.9 Å². The van der Waals surface area contributed by atoms with E-state index in [1.165, 1.54) is 35.2 Å². The van der Waals surface area contributed by atoms with E-state index in [0.29, 0.717) is 11.3 Å². The van der Waals surface area contributed by atoms with Crippen molar-refractivity contribution in [3.8, 4) is 5.75 Å². The number of sulfonamides is 1. The number of benzene rings is 4. The van der Waals surface area contributed by atoms with Gasteiger partial charge in [0, 0.05) is 29.1 Å². The Morgan fingerprint density at radius 3 is 2.17 bits per heavy atom. The molecule has 1 aliphatic rings. The number of methoxy groups -OCH3 is 1. The van der Waals surface area contributed by atoms with Crippen LogP contribution in [0.3, 0.4) is 0 Å². The van der Waals surface area contributed by atoms with E-state index in [-0.39, 0.29) is 45.5 Å². The summed E-state index contributed by atoms with van der Waals surface area (Å²) in [6.07, 6.45) is 4.00. The topological polar surface area (TPSA) is 96.0 Å². The summed E-state index contributed by atoms with van der Waals surface area (Å²) >= 11 is 12.7. The van der Waals surface area contributed by atoms with E-state index in [1.807, 2.05) is 49.4 Å². The summed E-state index contributed by atoms with van der Waals surface area (Å²) in [6, 6.07) is 26.5. The Hall–Kier alpha value is -4.05. The van der Waals surface area contributed by atoms with Crippen LogP contribution >= 0.6 is 23.2 Å². The van der Waals surface area contributed by atoms with Crippen molar-refractivity contribution < 1.29 is 22.7 Å². The van der Waals surface area contributed by atoms with Gasteiger partial charge in [-0.1, -0.05) is 96.2 Å². The molecule has 1 atom stereocenters. The zero-order valence-electron chi connectivity index (χ0n) is 26.9. The molecule has 4 aromatic rings. The van der Waals surface area contributed by atoms with E-state index in [9.17, 15) is 18.0 Å². The average Bonchev–Trinajstić information content (AvgIpc) is 3.58. The van der Waals surface area contributed by atoms with Gasteiger partial charge in [0.1, 0.15) is 18.3 Å². The van der Waals surface area contributed by atoms with Gasteiger partial charge in [-0.3, -0.25) is 13.9 Å². The smallest absolute Gasteiger partial charge is 0.264 e. The van der Waals surface area contributed by atoms with Gasteiger partial charge >= 0.3 is 0 Å². The van der Waals surface area contributed by atoms with Crippen LogP contribution in [0.1, 0.15) is 42.4 Å². The van der Waals surface area contributed by atoms with Crippen molar-refractivity contribution in [2.45, 2.75) is 62.6 Å². The fourth-order valence-corrected chi connectivity index (χ4v) is 7.85. The molecule has 0 aromatic heterocycles. The van der Waals surface area contributed by atoms with Gasteiger partial charge in [-0.25, -0.2) is 8.42 Å². The Kier molecular flexibility index (Phi) is 11.7. The number of hydrogen-bond donors (Lipinski definition) is 1. The van der Waals surface area contributed by atoms with Crippen LogP contribution in [0.4, 0.5) is 5.69 Å². The van der Waals surface area contributed by atoms with Crippen molar-refractivity contribution in [3.63, 3.8) is 0 Å². The monoisotopic (exact) mass is 707 g/mol. The molecule has 0 bridgehead atoms. The molecule has 1 aliphatic carbocycles. The highest BCUT2D eigenvalue weighted by Gasteiger charge is 2.36. The van der Waals surface area contributed by atoms with Gasteiger partial charge in [0.15, 0.2) is 0 Å². The molecule has 5 rings (SSSR count). The maximum Gasteiger partial charge on any atom is 0.264 e. The number of carbonyl (C=O) groups is 2. The van der Waals surface area contributed by atoms with Crippen LogP contribution in [0.15, 0.2) is 102 Å². The minimum Gasteiger partial charge on any atom is -0.497 e. The first-order valence-corrected chi connectivity index (χ1v) is 18.1. The van der Waals surface area contributed by atoms with Crippen LogP contribution in [0, 0.1) is 6.92 Å². The van der Waals surface area contributed by atoms with Crippen molar-refractivity contribution in [3.05, 3.63) is 124 Å². The Morgan fingerprint density at radius 1 is 0.875 bits per heavy atom. The first-order chi connectivity index (χ1) is 23.0. The molecule has 2 amide bonds. The van der Waals surface area contributed by atoms with Crippen LogP contribution in [0.2, 0.25) is 10.0 Å². The molecule has 8 nitrogen and oxygen atoms in total. The number of nitrogens with zero attached hydrogens (tertiary/aromatic N) is 2. The minimum atomic E-state index is -4.29. The highest BCUT2D eigenvalue weighted by Crippen LogP contribution is 2.31. The maximum absolute atomic E-state index is 14.7. The lowest BCUT2D eigenvalue weighted by Gasteiger charge is -2.34. The van der Waals surface area contributed by atoms with Crippen molar-refractivity contribution in [2.24, 2.45) is 0 Å². The second kappa shape index (κ2) is 15.9. The third kappa shape index (κ3) is 8.89. The molecule has 0 radical (unpaired) electrons. The summed E-state index contributed by atoms with van der Waals surface area (Å²) in [4.78, 5) is 30.3. The summed E-state index contributed by atoms with van der Waals surface area (Å²) in [5, 5.41) is 3.60. The number of halogens is 2. The van der Waals surface area contributed by atoms with Crippen LogP contribution in [0.5, 0.6) is 5.75 Å². The third-order valence-corrected chi connectivity index (χ3v) is 10.7. The van der Waals surface area contributed by atoms with Gasteiger partial charge in [0.2, 0.25) is 11.8 Å². The normalized spacial score (nSPS) is 13.9. The summed E-state index contributed by atoms with van der Waals surface area (Å²) in [7, 11) is -2.74. The van der Waals surface area contributed by atoms with Gasteiger partial charge in [-0.2, -0.15) is 0 Å². The lowest BCUT2D eigenvalue weighted by Crippen LogP contribution is -2.54. The van der Waals surface area contributed by atoms with Crippen LogP contribution < -0.4 is 14.4 Å². The molecule has 0 saturated heterocycles. The van der Waals surface area contributed by atoms with Crippen LogP contribution in [0.25, 0.3) is 0 Å². The largest absolute Gasteiger partial charge is 0.497 e. The lowest BCUT2D eigenvalue weighted by molar-refractivity contribution is -0.140. The number of hydrogen-bond acceptors (Lipinski definition) is 5. The van der Waals surface area contributed by atoms with E-state index < -0.39 is 28.5 Å². The quantitative estimate of drug-likeness (QED) is 0.159. The number of rotatable bonds is 13. The van der Waals surface area contributed by atoms with Gasteiger partial charge in [0.25, 0.3) is 10.0 Å². The number of carbonyl (C=O) groups excluding carboxylic acids is 2. The summed E-state index contributed by atoms with van der Waals surface area (Å²) in [5.41, 5.74) is 2.58. The fraction of sp³-hybridized carbons (Fsp3) is 0.297. The van der Waals surface area contributed by atoms with E-state index in [4.69, 9.17) is 27.9 Å². The molecular weight excluding hydrogens is 669 g/mol. The van der Waals surface area contributed by atoms with E-state index in [0.717, 1.165) is 41.1 Å². The zero-order chi connectivity index (χ0) is 34.3. The molecule has 0 heterocycles. The second-order valence-electron chi connectivity index (χ2n) is 12.0. The number of amides is 2. The molecule has 1 N–H and O–H groups in total. The third-order valence-electron chi connectivity index (χ3n) is 8.48. The lowest BCUT2D eigenvalue weighted by atomic mass is 10.0. The van der Waals surface area contributed by atoms with E-state index in [1.54, 1.807) is 31.4 Å². The molecule has 0 spiro atoms.